The maximum Gasteiger partial charge on any atom is 0.243 e. The van der Waals surface area contributed by atoms with Gasteiger partial charge < -0.3 is 15.5 Å². The van der Waals surface area contributed by atoms with Crippen LogP contribution in [0.25, 0.3) is 0 Å². The maximum atomic E-state index is 12.9. The van der Waals surface area contributed by atoms with Gasteiger partial charge in [0.1, 0.15) is 6.04 Å². The van der Waals surface area contributed by atoms with E-state index in [1.54, 1.807) is 0 Å². The molecule has 0 spiro atoms. The number of hydrogen-bond acceptors (Lipinski definition) is 3. The van der Waals surface area contributed by atoms with E-state index in [0.29, 0.717) is 0 Å². The smallest absolute Gasteiger partial charge is 0.243 e. The Balaban J connectivity index is 1.53. The summed E-state index contributed by atoms with van der Waals surface area (Å²) in [5.74, 6) is 0.158. The van der Waals surface area contributed by atoms with Gasteiger partial charge in [-0.3, -0.25) is 9.59 Å². The molecule has 0 radical (unpaired) electrons. The van der Waals surface area contributed by atoms with Crippen molar-refractivity contribution in [2.75, 3.05) is 18.0 Å². The molecular formula is C24H37N3O2. The predicted octanol–water partition coefficient (Wildman–Crippen LogP) is 3.76. The molecule has 1 saturated heterocycles. The van der Waals surface area contributed by atoms with Crippen molar-refractivity contribution in [1.82, 2.24) is 10.6 Å². The molecular weight excluding hydrogens is 362 g/mol. The lowest BCUT2D eigenvalue weighted by Gasteiger charge is -2.35. The third-order valence-corrected chi connectivity index (χ3v) is 6.45. The molecule has 160 valence electrons. The van der Waals surface area contributed by atoms with Gasteiger partial charge in [0.25, 0.3) is 0 Å². The van der Waals surface area contributed by atoms with E-state index in [-0.39, 0.29) is 35.2 Å². The number of piperidine rings is 1. The molecule has 3 rings (SSSR count). The zero-order chi connectivity index (χ0) is 21.0. The first-order valence-electron chi connectivity index (χ1n) is 11.2. The molecule has 5 heteroatoms. The topological polar surface area (TPSA) is 61.4 Å². The lowest BCUT2D eigenvalue weighted by atomic mass is 9.87. The van der Waals surface area contributed by atoms with Gasteiger partial charge in [0.05, 0.1) is 0 Å². The summed E-state index contributed by atoms with van der Waals surface area (Å²) in [5, 5.41) is 6.12. The molecule has 2 N–H and O–H groups in total. The monoisotopic (exact) mass is 399 g/mol. The summed E-state index contributed by atoms with van der Waals surface area (Å²) in [5.41, 5.74) is 2.77. The number of hydrogen-bond donors (Lipinski definition) is 2. The van der Waals surface area contributed by atoms with E-state index >= 15 is 0 Å². The van der Waals surface area contributed by atoms with Crippen LogP contribution in [0.3, 0.4) is 0 Å². The molecule has 2 aliphatic rings. The quantitative estimate of drug-likeness (QED) is 0.792. The summed E-state index contributed by atoms with van der Waals surface area (Å²) in [6.45, 7) is 10.1. The maximum absolute atomic E-state index is 12.9. The van der Waals surface area contributed by atoms with E-state index in [9.17, 15) is 9.59 Å². The number of amides is 2. The normalized spacial score (nSPS) is 19.8. The lowest BCUT2D eigenvalue weighted by molar-refractivity contribution is -0.130. The fraction of sp³-hybridized carbons (Fsp3) is 0.667. The number of rotatable bonds is 5. The number of anilines is 1. The van der Waals surface area contributed by atoms with Gasteiger partial charge in [-0.2, -0.15) is 0 Å². The molecule has 5 nitrogen and oxygen atoms in total. The minimum atomic E-state index is -0.377. The van der Waals surface area contributed by atoms with Crippen LogP contribution in [0, 0.1) is 5.92 Å². The second-order valence-corrected chi connectivity index (χ2v) is 9.79. The van der Waals surface area contributed by atoms with Gasteiger partial charge in [-0.25, -0.2) is 0 Å². The summed E-state index contributed by atoms with van der Waals surface area (Å²) in [6, 6.07) is 8.69. The molecule has 0 aromatic heterocycles. The Bertz CT molecular complexity index is 694. The Morgan fingerprint density at radius 1 is 1.00 bits per heavy atom. The van der Waals surface area contributed by atoms with E-state index < -0.39 is 0 Å². The number of carbonyl (C=O) groups excluding carboxylic acids is 2. The zero-order valence-electron chi connectivity index (χ0n) is 18.5. The van der Waals surface area contributed by atoms with Crippen LogP contribution in [-0.2, 0) is 15.0 Å². The molecule has 1 saturated carbocycles. The van der Waals surface area contributed by atoms with Crippen LogP contribution in [0.1, 0.15) is 71.8 Å². The average Bonchev–Trinajstić information content (AvgIpc) is 3.20. The third kappa shape index (κ3) is 5.74. The van der Waals surface area contributed by atoms with Gasteiger partial charge in [-0.15, -0.1) is 0 Å². The Morgan fingerprint density at radius 2 is 1.59 bits per heavy atom. The zero-order valence-corrected chi connectivity index (χ0v) is 18.5. The van der Waals surface area contributed by atoms with Gasteiger partial charge in [0.15, 0.2) is 0 Å². The van der Waals surface area contributed by atoms with Crippen molar-refractivity contribution in [3.05, 3.63) is 29.8 Å². The van der Waals surface area contributed by atoms with Crippen molar-refractivity contribution >= 4 is 17.5 Å². The highest BCUT2D eigenvalue weighted by Crippen LogP contribution is 2.29. The predicted molar refractivity (Wildman–Crippen MR) is 118 cm³/mol. The fourth-order valence-corrected chi connectivity index (χ4v) is 4.65. The van der Waals surface area contributed by atoms with Crippen molar-refractivity contribution in [3.63, 3.8) is 0 Å². The highest BCUT2D eigenvalue weighted by Gasteiger charge is 2.33. The summed E-state index contributed by atoms with van der Waals surface area (Å²) < 4.78 is 0. The van der Waals surface area contributed by atoms with Gasteiger partial charge in [-0.1, -0.05) is 45.7 Å². The number of nitrogens with one attached hydrogen (secondary N) is 2. The van der Waals surface area contributed by atoms with Crippen LogP contribution in [0.4, 0.5) is 5.69 Å². The van der Waals surface area contributed by atoms with Crippen LogP contribution in [-0.4, -0.2) is 37.0 Å². The van der Waals surface area contributed by atoms with Crippen molar-refractivity contribution in [3.8, 4) is 0 Å². The summed E-state index contributed by atoms with van der Waals surface area (Å²) >= 11 is 0. The average molecular weight is 400 g/mol. The molecule has 1 aromatic rings. The first kappa shape index (κ1) is 21.7. The van der Waals surface area contributed by atoms with E-state index in [1.807, 2.05) is 0 Å². The number of carbonyl (C=O) groups is 2. The molecule has 1 heterocycles. The van der Waals surface area contributed by atoms with Crippen molar-refractivity contribution in [2.24, 2.45) is 5.92 Å². The van der Waals surface area contributed by atoms with Crippen LogP contribution >= 0.6 is 0 Å². The summed E-state index contributed by atoms with van der Waals surface area (Å²) in [4.78, 5) is 26.9. The van der Waals surface area contributed by atoms with Gasteiger partial charge >= 0.3 is 0 Å². The van der Waals surface area contributed by atoms with E-state index in [0.717, 1.165) is 51.6 Å². The lowest BCUT2D eigenvalue weighted by Crippen LogP contribution is -2.54. The first-order chi connectivity index (χ1) is 13.7. The minimum absolute atomic E-state index is 0.0000742. The highest BCUT2D eigenvalue weighted by atomic mass is 16.2. The Labute approximate surface area is 175 Å². The second kappa shape index (κ2) is 9.19. The molecule has 1 aromatic carbocycles. The SMILES string of the molecule is CC(=O)NC(C(=O)NC1CCN(c2ccc(C(C)(C)C)cc2)CC1)C1CCCC1. The van der Waals surface area contributed by atoms with Crippen LogP contribution in [0.5, 0.6) is 0 Å². The van der Waals surface area contributed by atoms with Crippen molar-refractivity contribution < 1.29 is 9.59 Å². The molecule has 1 aliphatic heterocycles. The van der Waals surface area contributed by atoms with E-state index in [4.69, 9.17) is 0 Å². The first-order valence-corrected chi connectivity index (χ1v) is 11.2. The van der Waals surface area contributed by atoms with Crippen LogP contribution in [0.2, 0.25) is 0 Å². The van der Waals surface area contributed by atoms with Crippen molar-refractivity contribution in [2.45, 2.75) is 83.7 Å². The number of benzene rings is 1. The van der Waals surface area contributed by atoms with Gasteiger partial charge in [0, 0.05) is 31.7 Å². The van der Waals surface area contributed by atoms with E-state index in [2.05, 4.69) is 60.6 Å². The third-order valence-electron chi connectivity index (χ3n) is 6.45. The summed E-state index contributed by atoms with van der Waals surface area (Å²) in [7, 11) is 0. The largest absolute Gasteiger partial charge is 0.371 e. The Kier molecular flexibility index (Phi) is 6.86. The fourth-order valence-electron chi connectivity index (χ4n) is 4.65. The molecule has 2 amide bonds. The van der Waals surface area contributed by atoms with Gasteiger partial charge in [0.2, 0.25) is 11.8 Å². The van der Waals surface area contributed by atoms with Crippen LogP contribution in [0.15, 0.2) is 24.3 Å². The molecule has 2 fully saturated rings. The van der Waals surface area contributed by atoms with E-state index in [1.165, 1.54) is 18.2 Å². The number of nitrogens with zero attached hydrogens (tertiary/aromatic N) is 1. The van der Waals surface area contributed by atoms with Crippen molar-refractivity contribution in [1.29, 1.82) is 0 Å². The minimum Gasteiger partial charge on any atom is -0.371 e. The Hall–Kier alpha value is -2.04. The Morgan fingerprint density at radius 3 is 2.10 bits per heavy atom. The molecule has 29 heavy (non-hydrogen) atoms. The van der Waals surface area contributed by atoms with Gasteiger partial charge in [-0.05, 0) is 54.7 Å². The molecule has 1 aliphatic carbocycles. The standard InChI is InChI=1S/C24H37N3O2/c1-17(28)25-22(18-7-5-6-8-18)23(29)26-20-13-15-27(16-14-20)21-11-9-19(10-12-21)24(2,3)4/h9-12,18,20,22H,5-8,13-16H2,1-4H3,(H,25,28)(H,26,29). The molecule has 0 bridgehead atoms. The highest BCUT2D eigenvalue weighted by molar-refractivity contribution is 5.87. The van der Waals surface area contributed by atoms with Crippen LogP contribution < -0.4 is 15.5 Å². The molecule has 1 unspecified atom stereocenters. The summed E-state index contributed by atoms with van der Waals surface area (Å²) in [6.07, 6.45) is 6.23. The molecule has 1 atom stereocenters. The second-order valence-electron chi connectivity index (χ2n) is 9.79.